The van der Waals surface area contributed by atoms with E-state index < -0.39 is 0 Å². The van der Waals surface area contributed by atoms with E-state index in [1.54, 1.807) is 0 Å². The zero-order valence-corrected chi connectivity index (χ0v) is 14.2. The fourth-order valence-corrected chi connectivity index (χ4v) is 4.07. The van der Waals surface area contributed by atoms with Crippen LogP contribution in [0.1, 0.15) is 30.4 Å². The second kappa shape index (κ2) is 6.40. The first-order valence-electron chi connectivity index (χ1n) is 8.93. The molecule has 0 saturated carbocycles. The second-order valence-electron chi connectivity index (χ2n) is 6.96. The second-order valence-corrected chi connectivity index (χ2v) is 6.96. The first kappa shape index (κ1) is 15.4. The summed E-state index contributed by atoms with van der Waals surface area (Å²) in [5.74, 6) is 0.259. The van der Waals surface area contributed by atoms with E-state index in [4.69, 9.17) is 0 Å². The van der Waals surface area contributed by atoms with Gasteiger partial charge in [0.05, 0.1) is 12.2 Å². The van der Waals surface area contributed by atoms with Crippen LogP contribution in [0.15, 0.2) is 54.6 Å². The van der Waals surface area contributed by atoms with Crippen LogP contribution in [0, 0.1) is 6.92 Å². The molecule has 2 aliphatic heterocycles. The molecule has 2 aromatic rings. The van der Waals surface area contributed by atoms with Gasteiger partial charge in [-0.15, -0.1) is 0 Å². The molecule has 0 spiro atoms. The molecule has 2 aromatic carbocycles. The molecule has 0 aromatic heterocycles. The lowest BCUT2D eigenvalue weighted by Gasteiger charge is -2.35. The third-order valence-corrected chi connectivity index (χ3v) is 5.32. The Labute approximate surface area is 143 Å². The summed E-state index contributed by atoms with van der Waals surface area (Å²) in [6, 6.07) is 18.7. The highest BCUT2D eigenvalue weighted by atomic mass is 16.2. The summed E-state index contributed by atoms with van der Waals surface area (Å²) in [7, 11) is 0. The summed E-state index contributed by atoms with van der Waals surface area (Å²) in [6.07, 6.45) is 4.50. The van der Waals surface area contributed by atoms with Crippen molar-refractivity contribution in [1.82, 2.24) is 4.90 Å². The van der Waals surface area contributed by atoms with E-state index in [9.17, 15) is 4.79 Å². The number of carbonyl (C=O) groups excluding carboxylic acids is 1. The van der Waals surface area contributed by atoms with Gasteiger partial charge in [0.1, 0.15) is 0 Å². The number of hydrogen-bond acceptors (Lipinski definition) is 2. The van der Waals surface area contributed by atoms with Gasteiger partial charge in [0, 0.05) is 12.2 Å². The molecule has 0 radical (unpaired) electrons. The van der Waals surface area contributed by atoms with Crippen LogP contribution in [0.3, 0.4) is 0 Å². The van der Waals surface area contributed by atoms with Gasteiger partial charge in [-0.1, -0.05) is 48.0 Å². The van der Waals surface area contributed by atoms with Crippen molar-refractivity contribution in [2.75, 3.05) is 11.4 Å². The van der Waals surface area contributed by atoms with Crippen LogP contribution in [0.25, 0.3) is 0 Å². The maximum atomic E-state index is 13.2. The predicted molar refractivity (Wildman–Crippen MR) is 96.9 cm³/mol. The normalized spacial score (nSPS) is 24.2. The van der Waals surface area contributed by atoms with E-state index in [1.165, 1.54) is 24.0 Å². The third kappa shape index (κ3) is 2.73. The van der Waals surface area contributed by atoms with E-state index in [0.29, 0.717) is 0 Å². The molecule has 0 bridgehead atoms. The number of piperidine rings is 1. The molecule has 1 amide bonds. The molecule has 2 heterocycles. The molecule has 3 heteroatoms. The van der Waals surface area contributed by atoms with Crippen LogP contribution in [0.2, 0.25) is 0 Å². The van der Waals surface area contributed by atoms with Gasteiger partial charge in [-0.2, -0.15) is 0 Å². The molecule has 0 unspecified atom stereocenters. The van der Waals surface area contributed by atoms with Crippen LogP contribution in [-0.4, -0.2) is 29.6 Å². The number of amides is 1. The standard InChI is InChI=1S/C21H24N2O/c1-16-10-12-18(13-11-16)23-20-9-5-6-14-22(20)19(21(23)24)15-17-7-3-2-4-8-17/h2-4,7-8,10-13,19-20H,5-6,9,14-15H2,1H3/t19-,20-/m0/s1. The smallest absolute Gasteiger partial charge is 0.246 e. The van der Waals surface area contributed by atoms with Gasteiger partial charge in [-0.3, -0.25) is 14.6 Å². The SMILES string of the molecule is Cc1ccc(N2C(=O)[C@H](Cc3ccccc3)N3CCCC[C@H]23)cc1. The molecule has 0 aliphatic carbocycles. The van der Waals surface area contributed by atoms with Crippen LogP contribution < -0.4 is 4.90 Å². The van der Waals surface area contributed by atoms with Gasteiger partial charge in [0.25, 0.3) is 0 Å². The molecule has 124 valence electrons. The summed E-state index contributed by atoms with van der Waals surface area (Å²) in [5, 5.41) is 0. The lowest BCUT2D eigenvalue weighted by atomic mass is 10.0. The number of benzene rings is 2. The Morgan fingerprint density at radius 3 is 2.50 bits per heavy atom. The number of fused-ring (bicyclic) bond motifs is 1. The van der Waals surface area contributed by atoms with Gasteiger partial charge < -0.3 is 0 Å². The molecule has 0 N–H and O–H groups in total. The fraction of sp³-hybridized carbons (Fsp3) is 0.381. The molecule has 24 heavy (non-hydrogen) atoms. The van der Waals surface area contributed by atoms with Crippen LogP contribution in [0.4, 0.5) is 5.69 Å². The maximum Gasteiger partial charge on any atom is 0.246 e. The number of carbonyl (C=O) groups is 1. The molecule has 2 saturated heterocycles. The zero-order valence-electron chi connectivity index (χ0n) is 14.2. The quantitative estimate of drug-likeness (QED) is 0.859. The van der Waals surface area contributed by atoms with E-state index in [-0.39, 0.29) is 18.1 Å². The Kier molecular flexibility index (Phi) is 4.11. The Bertz CT molecular complexity index is 710. The lowest BCUT2D eigenvalue weighted by Crippen LogP contribution is -2.44. The Morgan fingerprint density at radius 2 is 1.75 bits per heavy atom. The van der Waals surface area contributed by atoms with Gasteiger partial charge in [0.15, 0.2) is 0 Å². The van der Waals surface area contributed by atoms with Crippen molar-refractivity contribution < 1.29 is 4.79 Å². The van der Waals surface area contributed by atoms with Crippen molar-refractivity contribution in [3.63, 3.8) is 0 Å². The summed E-state index contributed by atoms with van der Waals surface area (Å²) < 4.78 is 0. The molecular weight excluding hydrogens is 296 g/mol. The monoisotopic (exact) mass is 320 g/mol. The number of aryl methyl sites for hydroxylation is 1. The van der Waals surface area contributed by atoms with Crippen molar-refractivity contribution in [1.29, 1.82) is 0 Å². The predicted octanol–water partition coefficient (Wildman–Crippen LogP) is 3.76. The maximum absolute atomic E-state index is 13.2. The number of rotatable bonds is 3. The average molecular weight is 320 g/mol. The summed E-state index contributed by atoms with van der Waals surface area (Å²) in [5.41, 5.74) is 3.51. The van der Waals surface area contributed by atoms with Crippen molar-refractivity contribution in [2.24, 2.45) is 0 Å². The lowest BCUT2D eigenvalue weighted by molar-refractivity contribution is -0.119. The van der Waals surface area contributed by atoms with E-state index in [2.05, 4.69) is 60.4 Å². The molecule has 4 rings (SSSR count). The first-order valence-corrected chi connectivity index (χ1v) is 8.93. The Hall–Kier alpha value is -2.13. The van der Waals surface area contributed by atoms with Crippen molar-refractivity contribution in [3.05, 3.63) is 65.7 Å². The molecule has 2 fully saturated rings. The summed E-state index contributed by atoms with van der Waals surface area (Å²) in [4.78, 5) is 17.7. The van der Waals surface area contributed by atoms with Crippen molar-refractivity contribution >= 4 is 11.6 Å². The van der Waals surface area contributed by atoms with Gasteiger partial charge in [0.2, 0.25) is 5.91 Å². The number of nitrogens with zero attached hydrogens (tertiary/aromatic N) is 2. The number of hydrogen-bond donors (Lipinski definition) is 0. The van der Waals surface area contributed by atoms with E-state index in [0.717, 1.165) is 25.1 Å². The minimum Gasteiger partial charge on any atom is -0.295 e. The highest BCUT2D eigenvalue weighted by Crippen LogP contribution is 2.35. The largest absolute Gasteiger partial charge is 0.295 e. The summed E-state index contributed by atoms with van der Waals surface area (Å²) in [6.45, 7) is 3.11. The summed E-state index contributed by atoms with van der Waals surface area (Å²) >= 11 is 0. The van der Waals surface area contributed by atoms with Crippen molar-refractivity contribution in [2.45, 2.75) is 44.8 Å². The van der Waals surface area contributed by atoms with Crippen molar-refractivity contribution in [3.8, 4) is 0 Å². The molecule has 2 atom stereocenters. The molecule has 3 nitrogen and oxygen atoms in total. The van der Waals surface area contributed by atoms with Crippen LogP contribution in [0.5, 0.6) is 0 Å². The van der Waals surface area contributed by atoms with Crippen LogP contribution >= 0.6 is 0 Å². The minimum absolute atomic E-state index is 0.0287. The van der Waals surface area contributed by atoms with E-state index in [1.807, 2.05) is 11.0 Å². The first-order chi connectivity index (χ1) is 11.7. The fourth-order valence-electron chi connectivity index (χ4n) is 4.07. The van der Waals surface area contributed by atoms with Crippen LogP contribution in [-0.2, 0) is 11.2 Å². The Morgan fingerprint density at radius 1 is 1.00 bits per heavy atom. The van der Waals surface area contributed by atoms with Gasteiger partial charge in [-0.05, 0) is 50.3 Å². The number of anilines is 1. The highest BCUT2D eigenvalue weighted by Gasteiger charge is 2.47. The zero-order chi connectivity index (χ0) is 16.5. The average Bonchev–Trinajstić information content (AvgIpc) is 2.89. The minimum atomic E-state index is -0.0287. The topological polar surface area (TPSA) is 23.6 Å². The van der Waals surface area contributed by atoms with Gasteiger partial charge >= 0.3 is 0 Å². The highest BCUT2D eigenvalue weighted by molar-refractivity contribution is 6.00. The Balaban J connectivity index is 1.65. The third-order valence-electron chi connectivity index (χ3n) is 5.32. The molecular formula is C21H24N2O. The van der Waals surface area contributed by atoms with E-state index >= 15 is 0 Å². The van der Waals surface area contributed by atoms with Gasteiger partial charge in [-0.25, -0.2) is 0 Å². The molecule has 2 aliphatic rings.